The Hall–Kier alpha value is -3.43. The van der Waals surface area contributed by atoms with E-state index in [2.05, 4.69) is 15.1 Å². The number of phenols is 2. The summed E-state index contributed by atoms with van der Waals surface area (Å²) in [6.45, 7) is 9.91. The lowest BCUT2D eigenvalue weighted by Gasteiger charge is -2.26. The molecule has 2 aromatic carbocycles. The number of aromatic hydroxyl groups is 2. The van der Waals surface area contributed by atoms with Crippen molar-refractivity contribution in [3.05, 3.63) is 53.3 Å². The standard InChI is InChI=1S/C24H29N5O4/c1-24(2,3)18-12-17(19(30)13-20(18)31)22-26-27-23(21(25)32)29(22)16-6-4-15(5-7-16)14-28-8-10-33-11-9-28/h4-7,12-13,30-31H,8-11,14H2,1-3H3,(H2,25,32). The molecule has 1 saturated heterocycles. The number of primary amides is 1. The molecule has 0 saturated carbocycles. The summed E-state index contributed by atoms with van der Waals surface area (Å²) >= 11 is 0. The maximum absolute atomic E-state index is 12.1. The minimum absolute atomic E-state index is 0.0163. The van der Waals surface area contributed by atoms with Gasteiger partial charge in [0.1, 0.15) is 11.5 Å². The summed E-state index contributed by atoms with van der Waals surface area (Å²) in [5, 5.41) is 29.1. The van der Waals surface area contributed by atoms with Gasteiger partial charge in [0.15, 0.2) is 5.82 Å². The minimum Gasteiger partial charge on any atom is -0.508 e. The van der Waals surface area contributed by atoms with Crippen molar-refractivity contribution in [1.82, 2.24) is 19.7 Å². The third kappa shape index (κ3) is 4.69. The van der Waals surface area contributed by atoms with Crippen LogP contribution in [0.3, 0.4) is 0 Å². The summed E-state index contributed by atoms with van der Waals surface area (Å²) in [5.41, 5.74) is 7.93. The van der Waals surface area contributed by atoms with Gasteiger partial charge in [-0.25, -0.2) is 0 Å². The second kappa shape index (κ2) is 8.84. The van der Waals surface area contributed by atoms with Gasteiger partial charge in [-0.05, 0) is 29.2 Å². The SMILES string of the molecule is CC(C)(C)c1cc(-c2nnc(C(N)=O)n2-c2ccc(CN3CCOCC3)cc2)c(O)cc1O. The van der Waals surface area contributed by atoms with E-state index in [1.807, 2.05) is 45.0 Å². The number of hydrogen-bond donors (Lipinski definition) is 3. The van der Waals surface area contributed by atoms with E-state index in [-0.39, 0.29) is 28.6 Å². The molecule has 33 heavy (non-hydrogen) atoms. The van der Waals surface area contributed by atoms with Crippen LogP contribution in [0.15, 0.2) is 36.4 Å². The Kier molecular flexibility index (Phi) is 6.09. The van der Waals surface area contributed by atoms with Gasteiger partial charge in [0.05, 0.1) is 18.8 Å². The van der Waals surface area contributed by atoms with Crippen molar-refractivity contribution < 1.29 is 19.7 Å². The number of carbonyl (C=O) groups excluding carboxylic acids is 1. The van der Waals surface area contributed by atoms with Crippen molar-refractivity contribution in [1.29, 1.82) is 0 Å². The number of phenolic OH excluding ortho intramolecular Hbond substituents is 2. The average molecular weight is 452 g/mol. The number of nitrogens with zero attached hydrogens (tertiary/aromatic N) is 4. The summed E-state index contributed by atoms with van der Waals surface area (Å²) in [6.07, 6.45) is 0. The lowest BCUT2D eigenvalue weighted by molar-refractivity contribution is 0.0342. The van der Waals surface area contributed by atoms with Gasteiger partial charge in [-0.3, -0.25) is 14.3 Å². The van der Waals surface area contributed by atoms with Gasteiger partial charge in [0, 0.05) is 37.0 Å². The third-order valence-corrected chi connectivity index (χ3v) is 5.75. The molecule has 3 aromatic rings. The van der Waals surface area contributed by atoms with Crippen LogP contribution in [0.25, 0.3) is 17.1 Å². The van der Waals surface area contributed by atoms with Crippen LogP contribution in [0.5, 0.6) is 11.5 Å². The maximum Gasteiger partial charge on any atom is 0.287 e. The zero-order chi connectivity index (χ0) is 23.8. The third-order valence-electron chi connectivity index (χ3n) is 5.75. The zero-order valence-electron chi connectivity index (χ0n) is 19.1. The fourth-order valence-electron chi connectivity index (χ4n) is 3.99. The Labute approximate surface area is 192 Å². The number of benzene rings is 2. The highest BCUT2D eigenvalue weighted by Gasteiger charge is 2.26. The molecule has 1 aliphatic rings. The van der Waals surface area contributed by atoms with E-state index in [1.165, 1.54) is 10.6 Å². The van der Waals surface area contributed by atoms with Crippen LogP contribution in [0.1, 0.15) is 42.5 Å². The average Bonchev–Trinajstić information content (AvgIpc) is 3.19. The Morgan fingerprint density at radius 1 is 1.06 bits per heavy atom. The fourth-order valence-corrected chi connectivity index (χ4v) is 3.99. The van der Waals surface area contributed by atoms with Gasteiger partial charge in [-0.15, -0.1) is 10.2 Å². The van der Waals surface area contributed by atoms with Crippen LogP contribution in [0.4, 0.5) is 0 Å². The highest BCUT2D eigenvalue weighted by Crippen LogP contribution is 2.40. The largest absolute Gasteiger partial charge is 0.508 e. The molecule has 1 aromatic heterocycles. The first kappa shape index (κ1) is 22.8. The molecule has 0 aliphatic carbocycles. The van der Waals surface area contributed by atoms with Crippen molar-refractivity contribution in [2.45, 2.75) is 32.7 Å². The second-order valence-electron chi connectivity index (χ2n) is 9.24. The van der Waals surface area contributed by atoms with Gasteiger partial charge in [0.25, 0.3) is 5.91 Å². The van der Waals surface area contributed by atoms with Gasteiger partial charge in [-0.1, -0.05) is 32.9 Å². The normalized spacial score (nSPS) is 15.0. The first-order chi connectivity index (χ1) is 15.6. The summed E-state index contributed by atoms with van der Waals surface area (Å²) in [5.74, 6) is -0.713. The van der Waals surface area contributed by atoms with Crippen LogP contribution >= 0.6 is 0 Å². The van der Waals surface area contributed by atoms with E-state index >= 15 is 0 Å². The highest BCUT2D eigenvalue weighted by molar-refractivity contribution is 5.91. The molecule has 4 rings (SSSR count). The number of aromatic nitrogens is 3. The second-order valence-corrected chi connectivity index (χ2v) is 9.24. The van der Waals surface area contributed by atoms with Crippen molar-refractivity contribution in [2.24, 2.45) is 5.73 Å². The molecule has 4 N–H and O–H groups in total. The van der Waals surface area contributed by atoms with Crippen molar-refractivity contribution in [2.75, 3.05) is 26.3 Å². The molecule has 174 valence electrons. The lowest BCUT2D eigenvalue weighted by Crippen LogP contribution is -2.35. The van der Waals surface area contributed by atoms with Gasteiger partial charge in [-0.2, -0.15) is 0 Å². The summed E-state index contributed by atoms with van der Waals surface area (Å²) in [6, 6.07) is 10.7. The van der Waals surface area contributed by atoms with Crippen molar-refractivity contribution in [3.63, 3.8) is 0 Å². The molecule has 1 fully saturated rings. The number of morpholine rings is 1. The van der Waals surface area contributed by atoms with E-state index < -0.39 is 5.91 Å². The number of nitrogens with two attached hydrogens (primary N) is 1. The van der Waals surface area contributed by atoms with E-state index in [4.69, 9.17) is 10.5 Å². The van der Waals surface area contributed by atoms with Gasteiger partial charge in [0.2, 0.25) is 5.82 Å². The summed E-state index contributed by atoms with van der Waals surface area (Å²) < 4.78 is 6.93. The Bertz CT molecular complexity index is 1160. The summed E-state index contributed by atoms with van der Waals surface area (Å²) in [7, 11) is 0. The molecule has 9 heteroatoms. The molecule has 0 spiro atoms. The lowest BCUT2D eigenvalue weighted by atomic mass is 9.85. The molecule has 0 atom stereocenters. The highest BCUT2D eigenvalue weighted by atomic mass is 16.5. The molecule has 1 amide bonds. The summed E-state index contributed by atoms with van der Waals surface area (Å²) in [4.78, 5) is 14.4. The predicted octanol–water partition coefficient (Wildman–Crippen LogP) is 2.57. The molecule has 9 nitrogen and oxygen atoms in total. The molecule has 0 radical (unpaired) electrons. The van der Waals surface area contributed by atoms with Gasteiger partial charge < -0.3 is 20.7 Å². The fraction of sp³-hybridized carbons (Fsp3) is 0.375. The molecule has 2 heterocycles. The molecular formula is C24H29N5O4. The molecular weight excluding hydrogens is 422 g/mol. The topological polar surface area (TPSA) is 127 Å². The smallest absolute Gasteiger partial charge is 0.287 e. The Morgan fingerprint density at radius 2 is 1.73 bits per heavy atom. The Balaban J connectivity index is 1.76. The number of ether oxygens (including phenoxy) is 1. The van der Waals surface area contributed by atoms with E-state index in [0.29, 0.717) is 16.8 Å². The number of carbonyl (C=O) groups is 1. The first-order valence-electron chi connectivity index (χ1n) is 10.9. The minimum atomic E-state index is -0.736. The molecule has 1 aliphatic heterocycles. The molecule has 0 bridgehead atoms. The van der Waals surface area contributed by atoms with Crippen LogP contribution in [-0.2, 0) is 16.7 Å². The maximum atomic E-state index is 12.1. The van der Waals surface area contributed by atoms with Crippen LogP contribution < -0.4 is 5.73 Å². The van der Waals surface area contributed by atoms with Crippen LogP contribution in [0, 0.1) is 0 Å². The van der Waals surface area contributed by atoms with Crippen LogP contribution in [0.2, 0.25) is 0 Å². The quantitative estimate of drug-likeness (QED) is 0.544. The van der Waals surface area contributed by atoms with Gasteiger partial charge >= 0.3 is 0 Å². The van der Waals surface area contributed by atoms with E-state index in [9.17, 15) is 15.0 Å². The monoisotopic (exact) mass is 451 g/mol. The van der Waals surface area contributed by atoms with Crippen molar-refractivity contribution >= 4 is 5.91 Å². The predicted molar refractivity (Wildman–Crippen MR) is 123 cm³/mol. The Morgan fingerprint density at radius 3 is 2.33 bits per heavy atom. The zero-order valence-corrected chi connectivity index (χ0v) is 19.1. The van der Waals surface area contributed by atoms with Crippen LogP contribution in [-0.4, -0.2) is 62.1 Å². The van der Waals surface area contributed by atoms with E-state index in [0.717, 1.165) is 38.4 Å². The number of rotatable bonds is 5. The van der Waals surface area contributed by atoms with E-state index in [1.54, 1.807) is 6.07 Å². The number of hydrogen-bond acceptors (Lipinski definition) is 7. The molecule has 0 unspecified atom stereocenters. The number of amides is 1. The first-order valence-corrected chi connectivity index (χ1v) is 10.9. The van der Waals surface area contributed by atoms with Crippen molar-refractivity contribution in [3.8, 4) is 28.6 Å².